The smallest absolute Gasteiger partial charge is 0.237 e. The minimum atomic E-state index is -0.0162. The first-order chi connectivity index (χ1) is 5.25. The summed E-state index contributed by atoms with van der Waals surface area (Å²) in [6, 6.07) is 2.22. The highest BCUT2D eigenvalue weighted by molar-refractivity contribution is 5.78. The molecule has 3 nitrogen and oxygen atoms in total. The Bertz CT molecular complexity index is 195. The SMILES string of the molecule is CC1CCCN1C(=O)CC#N. The molecule has 1 rings (SSSR count). The van der Waals surface area contributed by atoms with Crippen molar-refractivity contribution in [1.29, 1.82) is 5.26 Å². The van der Waals surface area contributed by atoms with Crippen LogP contribution in [0.15, 0.2) is 0 Å². The summed E-state index contributed by atoms with van der Waals surface area (Å²) >= 11 is 0. The van der Waals surface area contributed by atoms with E-state index in [0.29, 0.717) is 6.04 Å². The van der Waals surface area contributed by atoms with Gasteiger partial charge in [0.05, 0.1) is 6.07 Å². The number of amides is 1. The van der Waals surface area contributed by atoms with Crippen molar-refractivity contribution in [3.05, 3.63) is 0 Å². The Morgan fingerprint density at radius 1 is 1.82 bits per heavy atom. The van der Waals surface area contributed by atoms with Crippen molar-refractivity contribution in [2.24, 2.45) is 0 Å². The van der Waals surface area contributed by atoms with Crippen molar-refractivity contribution < 1.29 is 4.79 Å². The summed E-state index contributed by atoms with van der Waals surface area (Å²) < 4.78 is 0. The highest BCUT2D eigenvalue weighted by Gasteiger charge is 2.24. The Kier molecular flexibility index (Phi) is 2.48. The third kappa shape index (κ3) is 1.70. The number of likely N-dealkylation sites (tertiary alicyclic amines) is 1. The predicted octanol–water partition coefficient (Wildman–Crippen LogP) is 0.911. The van der Waals surface area contributed by atoms with Crippen LogP contribution in [0.5, 0.6) is 0 Å². The monoisotopic (exact) mass is 152 g/mol. The number of carbonyl (C=O) groups excluding carboxylic acids is 1. The van der Waals surface area contributed by atoms with E-state index in [4.69, 9.17) is 5.26 Å². The van der Waals surface area contributed by atoms with Gasteiger partial charge in [-0.1, -0.05) is 0 Å². The van der Waals surface area contributed by atoms with Crippen LogP contribution in [0.2, 0.25) is 0 Å². The van der Waals surface area contributed by atoms with Crippen LogP contribution in [0.25, 0.3) is 0 Å². The summed E-state index contributed by atoms with van der Waals surface area (Å²) in [5.74, 6) is -0.0162. The number of rotatable bonds is 1. The van der Waals surface area contributed by atoms with E-state index in [1.54, 1.807) is 4.90 Å². The molecule has 0 spiro atoms. The van der Waals surface area contributed by atoms with Crippen LogP contribution in [-0.4, -0.2) is 23.4 Å². The molecule has 1 saturated heterocycles. The van der Waals surface area contributed by atoms with E-state index in [9.17, 15) is 4.79 Å². The lowest BCUT2D eigenvalue weighted by atomic mass is 10.2. The lowest BCUT2D eigenvalue weighted by molar-refractivity contribution is -0.130. The summed E-state index contributed by atoms with van der Waals surface area (Å²) in [6.45, 7) is 2.87. The van der Waals surface area contributed by atoms with Crippen molar-refractivity contribution in [1.82, 2.24) is 4.90 Å². The van der Waals surface area contributed by atoms with Crippen molar-refractivity contribution >= 4 is 5.91 Å². The fourth-order valence-corrected chi connectivity index (χ4v) is 1.47. The molecule has 0 aromatic rings. The van der Waals surface area contributed by atoms with E-state index in [2.05, 4.69) is 0 Å². The standard InChI is InChI=1S/C8H12N2O/c1-7-3-2-6-10(7)8(11)4-5-9/h7H,2-4,6H2,1H3. The Morgan fingerprint density at radius 3 is 3.00 bits per heavy atom. The molecule has 1 aliphatic heterocycles. The summed E-state index contributed by atoms with van der Waals surface area (Å²) in [4.78, 5) is 13.0. The van der Waals surface area contributed by atoms with Gasteiger partial charge in [0.25, 0.3) is 0 Å². The van der Waals surface area contributed by atoms with Crippen molar-refractivity contribution in [3.63, 3.8) is 0 Å². The quantitative estimate of drug-likeness (QED) is 0.560. The van der Waals surface area contributed by atoms with Crippen molar-refractivity contribution in [3.8, 4) is 6.07 Å². The average Bonchev–Trinajstić information content (AvgIpc) is 2.36. The van der Waals surface area contributed by atoms with Crippen LogP contribution < -0.4 is 0 Å². The summed E-state index contributed by atoms with van der Waals surface area (Å²) in [6.07, 6.45) is 2.19. The van der Waals surface area contributed by atoms with E-state index in [1.807, 2.05) is 13.0 Å². The molecule has 1 fully saturated rings. The Labute approximate surface area is 66.6 Å². The maximum Gasteiger partial charge on any atom is 0.237 e. The van der Waals surface area contributed by atoms with Crippen molar-refractivity contribution in [2.75, 3.05) is 6.54 Å². The molecular formula is C8H12N2O. The third-order valence-corrected chi connectivity index (χ3v) is 2.10. The van der Waals surface area contributed by atoms with Gasteiger partial charge in [-0.25, -0.2) is 0 Å². The highest BCUT2D eigenvalue weighted by atomic mass is 16.2. The summed E-state index contributed by atoms with van der Waals surface area (Å²) in [5.41, 5.74) is 0. The second kappa shape index (κ2) is 3.38. The zero-order valence-corrected chi connectivity index (χ0v) is 6.71. The van der Waals surface area contributed by atoms with E-state index >= 15 is 0 Å². The van der Waals surface area contributed by atoms with E-state index in [1.165, 1.54) is 0 Å². The fourth-order valence-electron chi connectivity index (χ4n) is 1.47. The molecule has 3 heteroatoms. The molecule has 1 heterocycles. The minimum absolute atomic E-state index is 0.0162. The Hall–Kier alpha value is -1.04. The summed E-state index contributed by atoms with van der Waals surface area (Å²) in [7, 11) is 0. The Morgan fingerprint density at radius 2 is 2.55 bits per heavy atom. The van der Waals surface area contributed by atoms with Crippen molar-refractivity contribution in [2.45, 2.75) is 32.2 Å². The number of nitrogens with zero attached hydrogens (tertiary/aromatic N) is 2. The molecule has 1 atom stereocenters. The van der Waals surface area contributed by atoms with Crippen LogP contribution in [-0.2, 0) is 4.79 Å². The fraction of sp³-hybridized carbons (Fsp3) is 0.750. The second-order valence-corrected chi connectivity index (χ2v) is 2.91. The molecule has 60 valence electrons. The highest BCUT2D eigenvalue weighted by Crippen LogP contribution is 2.16. The molecule has 0 saturated carbocycles. The third-order valence-electron chi connectivity index (χ3n) is 2.10. The zero-order chi connectivity index (χ0) is 8.27. The number of nitriles is 1. The molecule has 0 aromatic heterocycles. The zero-order valence-electron chi connectivity index (χ0n) is 6.71. The van der Waals surface area contributed by atoms with Gasteiger partial charge in [-0.15, -0.1) is 0 Å². The summed E-state index contributed by atoms with van der Waals surface area (Å²) in [5, 5.41) is 8.29. The van der Waals surface area contributed by atoms with E-state index < -0.39 is 0 Å². The normalized spacial score (nSPS) is 23.3. The van der Waals surface area contributed by atoms with Crippen LogP contribution in [0.3, 0.4) is 0 Å². The van der Waals surface area contributed by atoms with Gasteiger partial charge >= 0.3 is 0 Å². The van der Waals surface area contributed by atoms with Gasteiger partial charge in [-0.3, -0.25) is 4.79 Å². The van der Waals surface area contributed by atoms with Gasteiger partial charge in [0, 0.05) is 12.6 Å². The molecule has 11 heavy (non-hydrogen) atoms. The maximum absolute atomic E-state index is 11.2. The van der Waals surface area contributed by atoms with Crippen LogP contribution in [0.4, 0.5) is 0 Å². The minimum Gasteiger partial charge on any atom is -0.339 e. The predicted molar refractivity (Wildman–Crippen MR) is 40.6 cm³/mol. The van der Waals surface area contributed by atoms with Crippen LogP contribution >= 0.6 is 0 Å². The molecule has 0 aliphatic carbocycles. The topological polar surface area (TPSA) is 44.1 Å². The molecule has 0 bridgehead atoms. The average molecular weight is 152 g/mol. The lowest BCUT2D eigenvalue weighted by Gasteiger charge is -2.19. The first kappa shape index (κ1) is 8.06. The van der Waals surface area contributed by atoms with Gasteiger partial charge in [-0.05, 0) is 19.8 Å². The van der Waals surface area contributed by atoms with Gasteiger partial charge in [0.2, 0.25) is 5.91 Å². The first-order valence-electron chi connectivity index (χ1n) is 3.92. The lowest BCUT2D eigenvalue weighted by Crippen LogP contribution is -2.33. The second-order valence-electron chi connectivity index (χ2n) is 2.91. The molecular weight excluding hydrogens is 140 g/mol. The van der Waals surface area contributed by atoms with Crippen LogP contribution in [0, 0.1) is 11.3 Å². The van der Waals surface area contributed by atoms with E-state index in [-0.39, 0.29) is 12.3 Å². The molecule has 0 aromatic carbocycles. The maximum atomic E-state index is 11.2. The van der Waals surface area contributed by atoms with E-state index in [0.717, 1.165) is 19.4 Å². The molecule has 1 aliphatic rings. The number of carbonyl (C=O) groups is 1. The number of hydrogen-bond acceptors (Lipinski definition) is 2. The largest absolute Gasteiger partial charge is 0.339 e. The number of hydrogen-bond donors (Lipinski definition) is 0. The molecule has 1 amide bonds. The van der Waals surface area contributed by atoms with Crippen LogP contribution in [0.1, 0.15) is 26.2 Å². The first-order valence-corrected chi connectivity index (χ1v) is 3.92. The van der Waals surface area contributed by atoms with Gasteiger partial charge in [0.1, 0.15) is 6.42 Å². The van der Waals surface area contributed by atoms with Gasteiger partial charge in [-0.2, -0.15) is 5.26 Å². The Balaban J connectivity index is 2.47. The molecule has 0 N–H and O–H groups in total. The van der Waals surface area contributed by atoms with Gasteiger partial charge in [0.15, 0.2) is 0 Å². The van der Waals surface area contributed by atoms with Gasteiger partial charge < -0.3 is 4.90 Å². The molecule has 1 unspecified atom stereocenters. The molecule has 0 radical (unpaired) electrons.